The molecule has 100 valence electrons. The third-order valence-corrected chi connectivity index (χ3v) is 4.18. The van der Waals surface area contributed by atoms with Gasteiger partial charge in [-0.2, -0.15) is 0 Å². The van der Waals surface area contributed by atoms with Crippen molar-refractivity contribution >= 4 is 15.7 Å². The molecule has 0 fully saturated rings. The number of anilines is 1. The van der Waals surface area contributed by atoms with Crippen molar-refractivity contribution in [1.82, 2.24) is 0 Å². The summed E-state index contributed by atoms with van der Waals surface area (Å²) in [6, 6.07) is 4.91. The summed E-state index contributed by atoms with van der Waals surface area (Å²) in [5, 5.41) is 14.8. The maximum absolute atomic E-state index is 11.3. The lowest BCUT2D eigenvalue weighted by atomic mass is 10.2. The van der Waals surface area contributed by atoms with E-state index in [0.717, 1.165) is 24.2 Å². The lowest BCUT2D eigenvalue weighted by Crippen LogP contribution is -2.30. The van der Waals surface area contributed by atoms with Crippen molar-refractivity contribution in [2.24, 2.45) is 5.14 Å². The fourth-order valence-corrected chi connectivity index (χ4v) is 2.76. The summed E-state index contributed by atoms with van der Waals surface area (Å²) in [6.07, 6.45) is 1.14. The highest BCUT2D eigenvalue weighted by molar-refractivity contribution is 7.89. The van der Waals surface area contributed by atoms with Crippen LogP contribution in [0.25, 0.3) is 0 Å². The van der Waals surface area contributed by atoms with Crippen LogP contribution in [0.4, 0.5) is 5.69 Å². The number of aliphatic hydroxyl groups excluding tert-OH is 1. The Kier molecular flexibility index (Phi) is 3.61. The molecule has 1 aromatic carbocycles. The van der Waals surface area contributed by atoms with Gasteiger partial charge in [-0.3, -0.25) is 0 Å². The summed E-state index contributed by atoms with van der Waals surface area (Å²) in [5.41, 5.74) is 1.97. The fourth-order valence-electron chi connectivity index (χ4n) is 2.20. The number of nitrogens with zero attached hydrogens (tertiary/aromatic N) is 1. The molecule has 0 aromatic heterocycles. The van der Waals surface area contributed by atoms with Crippen LogP contribution in [0.2, 0.25) is 0 Å². The number of β-amino-alcohol motifs (C(OH)–C–C–N with tert-alkyl or cyclic N) is 1. The van der Waals surface area contributed by atoms with Crippen LogP contribution >= 0.6 is 0 Å². The summed E-state index contributed by atoms with van der Waals surface area (Å²) < 4.78 is 22.5. The lowest BCUT2D eigenvalue weighted by Gasteiger charge is -2.22. The van der Waals surface area contributed by atoms with Crippen LogP contribution in [0.5, 0.6) is 0 Å². The van der Waals surface area contributed by atoms with E-state index in [-0.39, 0.29) is 11.0 Å². The largest absolute Gasteiger partial charge is 0.391 e. The Labute approximate surface area is 107 Å². The molecule has 0 amide bonds. The number of rotatable bonds is 4. The van der Waals surface area contributed by atoms with E-state index in [9.17, 15) is 13.5 Å². The molecule has 1 aliphatic heterocycles. The molecule has 6 heteroatoms. The van der Waals surface area contributed by atoms with Crippen molar-refractivity contribution in [2.75, 3.05) is 18.0 Å². The van der Waals surface area contributed by atoms with Gasteiger partial charge < -0.3 is 10.0 Å². The fraction of sp³-hybridized carbons (Fsp3) is 0.500. The third kappa shape index (κ3) is 2.66. The van der Waals surface area contributed by atoms with Gasteiger partial charge in [-0.15, -0.1) is 0 Å². The minimum atomic E-state index is -3.64. The Morgan fingerprint density at radius 1 is 1.50 bits per heavy atom. The van der Waals surface area contributed by atoms with E-state index in [1.165, 1.54) is 6.07 Å². The van der Waals surface area contributed by atoms with Gasteiger partial charge in [0.15, 0.2) is 0 Å². The molecule has 0 bridgehead atoms. The monoisotopic (exact) mass is 270 g/mol. The molecule has 1 aliphatic rings. The smallest absolute Gasteiger partial charge is 0.238 e. The molecular formula is C12H18N2O3S. The molecule has 1 heterocycles. The topological polar surface area (TPSA) is 83.6 Å². The maximum Gasteiger partial charge on any atom is 0.238 e. The first-order valence-corrected chi connectivity index (χ1v) is 7.55. The molecule has 18 heavy (non-hydrogen) atoms. The SMILES string of the molecule is CC[C@@H](O)CN1CCc2cc(S(N)(=O)=O)ccc21. The lowest BCUT2D eigenvalue weighted by molar-refractivity contribution is 0.176. The molecule has 2 rings (SSSR count). The molecule has 0 saturated carbocycles. The van der Waals surface area contributed by atoms with Gasteiger partial charge >= 0.3 is 0 Å². The Morgan fingerprint density at radius 3 is 2.83 bits per heavy atom. The first kappa shape index (κ1) is 13.3. The molecule has 0 spiro atoms. The van der Waals surface area contributed by atoms with Crippen molar-refractivity contribution < 1.29 is 13.5 Å². The Hall–Kier alpha value is -1.11. The molecule has 0 saturated heterocycles. The summed E-state index contributed by atoms with van der Waals surface area (Å²) in [5.74, 6) is 0. The van der Waals surface area contributed by atoms with Crippen molar-refractivity contribution in [1.29, 1.82) is 0 Å². The van der Waals surface area contributed by atoms with Crippen molar-refractivity contribution in [2.45, 2.75) is 30.8 Å². The number of nitrogens with two attached hydrogens (primary N) is 1. The molecule has 5 nitrogen and oxygen atoms in total. The van der Waals surface area contributed by atoms with E-state index in [0.29, 0.717) is 13.0 Å². The van der Waals surface area contributed by atoms with E-state index >= 15 is 0 Å². The van der Waals surface area contributed by atoms with Crippen LogP contribution < -0.4 is 10.0 Å². The second kappa shape index (κ2) is 4.87. The van der Waals surface area contributed by atoms with Gasteiger partial charge in [-0.05, 0) is 36.6 Å². The first-order chi connectivity index (χ1) is 8.41. The van der Waals surface area contributed by atoms with E-state index in [1.54, 1.807) is 12.1 Å². The van der Waals surface area contributed by atoms with Crippen LogP contribution in [-0.4, -0.2) is 32.7 Å². The van der Waals surface area contributed by atoms with E-state index < -0.39 is 10.0 Å². The van der Waals surface area contributed by atoms with Crippen molar-refractivity contribution in [3.8, 4) is 0 Å². The van der Waals surface area contributed by atoms with Gasteiger partial charge in [0.1, 0.15) is 0 Å². The number of primary sulfonamides is 1. The van der Waals surface area contributed by atoms with Crippen molar-refractivity contribution in [3.63, 3.8) is 0 Å². The predicted octanol–water partition coefficient (Wildman–Crippen LogP) is 0.467. The second-order valence-electron chi connectivity index (χ2n) is 4.59. The average molecular weight is 270 g/mol. The van der Waals surface area contributed by atoms with Gasteiger partial charge in [-0.1, -0.05) is 6.92 Å². The highest BCUT2D eigenvalue weighted by Crippen LogP contribution is 2.30. The predicted molar refractivity (Wildman–Crippen MR) is 70.0 cm³/mol. The quantitative estimate of drug-likeness (QED) is 0.833. The molecular weight excluding hydrogens is 252 g/mol. The number of aliphatic hydroxyl groups is 1. The molecule has 0 radical (unpaired) electrons. The first-order valence-electron chi connectivity index (χ1n) is 6.00. The van der Waals surface area contributed by atoms with E-state index in [2.05, 4.69) is 4.90 Å². The van der Waals surface area contributed by atoms with Crippen LogP contribution in [0.15, 0.2) is 23.1 Å². The summed E-state index contributed by atoms with van der Waals surface area (Å²) >= 11 is 0. The van der Waals surface area contributed by atoms with Crippen LogP contribution in [0.3, 0.4) is 0 Å². The number of sulfonamides is 1. The van der Waals surface area contributed by atoms with Crippen LogP contribution in [0.1, 0.15) is 18.9 Å². The number of fused-ring (bicyclic) bond motifs is 1. The molecule has 1 aromatic rings. The number of benzene rings is 1. The Bertz CT molecular complexity index is 542. The molecule has 1 atom stereocenters. The summed E-state index contributed by atoms with van der Waals surface area (Å²) in [6.45, 7) is 3.32. The maximum atomic E-state index is 11.3. The van der Waals surface area contributed by atoms with E-state index in [4.69, 9.17) is 5.14 Å². The van der Waals surface area contributed by atoms with Crippen LogP contribution in [-0.2, 0) is 16.4 Å². The molecule has 0 unspecified atom stereocenters. The van der Waals surface area contributed by atoms with Gasteiger partial charge in [0, 0.05) is 18.8 Å². The van der Waals surface area contributed by atoms with Gasteiger partial charge in [0.05, 0.1) is 11.0 Å². The zero-order chi connectivity index (χ0) is 13.3. The molecule has 0 aliphatic carbocycles. The normalized spacial score (nSPS) is 16.7. The highest BCUT2D eigenvalue weighted by Gasteiger charge is 2.22. The Morgan fingerprint density at radius 2 is 2.22 bits per heavy atom. The van der Waals surface area contributed by atoms with Crippen molar-refractivity contribution in [3.05, 3.63) is 23.8 Å². The highest BCUT2D eigenvalue weighted by atomic mass is 32.2. The zero-order valence-corrected chi connectivity index (χ0v) is 11.2. The van der Waals surface area contributed by atoms with Gasteiger partial charge in [0.2, 0.25) is 10.0 Å². The Balaban J connectivity index is 2.25. The molecule has 3 N–H and O–H groups in total. The third-order valence-electron chi connectivity index (χ3n) is 3.27. The van der Waals surface area contributed by atoms with Gasteiger partial charge in [-0.25, -0.2) is 13.6 Å². The average Bonchev–Trinajstić information content (AvgIpc) is 2.70. The number of hydrogen-bond acceptors (Lipinski definition) is 4. The number of hydrogen-bond donors (Lipinski definition) is 2. The zero-order valence-electron chi connectivity index (χ0n) is 10.3. The standard InChI is InChI=1S/C12H18N2O3S/c1-2-10(15)8-14-6-5-9-7-11(18(13,16)17)3-4-12(9)14/h3-4,7,10,15H,2,5-6,8H2,1H3,(H2,13,16,17)/t10-/m1/s1. The van der Waals surface area contributed by atoms with E-state index in [1.807, 2.05) is 6.92 Å². The van der Waals surface area contributed by atoms with Gasteiger partial charge in [0.25, 0.3) is 0 Å². The summed E-state index contributed by atoms with van der Waals surface area (Å²) in [7, 11) is -3.64. The second-order valence-corrected chi connectivity index (χ2v) is 6.16. The minimum absolute atomic E-state index is 0.152. The summed E-state index contributed by atoms with van der Waals surface area (Å²) in [4.78, 5) is 2.23. The van der Waals surface area contributed by atoms with Crippen LogP contribution in [0, 0.1) is 0 Å². The minimum Gasteiger partial charge on any atom is -0.391 e.